The van der Waals surface area contributed by atoms with Crippen molar-refractivity contribution in [3.8, 4) is 16.9 Å². The molecule has 0 N–H and O–H groups in total. The topological polar surface area (TPSA) is 43.4 Å². The lowest BCUT2D eigenvalue weighted by atomic mass is 9.86. The van der Waals surface area contributed by atoms with Gasteiger partial charge in [-0.05, 0) is 83.2 Å². The van der Waals surface area contributed by atoms with Crippen molar-refractivity contribution >= 4 is 64.0 Å². The fourth-order valence-electron chi connectivity index (χ4n) is 5.49. The van der Waals surface area contributed by atoms with Gasteiger partial charge in [-0.3, -0.25) is 0 Å². The Bertz CT molecular complexity index is 2170. The monoisotopic (exact) mass is 526 g/mol. The minimum atomic E-state index is -5.74. The highest BCUT2D eigenvalue weighted by Gasteiger charge is 2.48. The Morgan fingerprint density at radius 2 is 1.18 bits per heavy atom. The third-order valence-corrected chi connectivity index (χ3v) is 8.12. The van der Waals surface area contributed by atoms with Crippen LogP contribution in [-0.4, -0.2) is 13.9 Å². The molecule has 0 fully saturated rings. The molecule has 0 unspecified atom stereocenters. The van der Waals surface area contributed by atoms with Crippen molar-refractivity contribution in [2.45, 2.75) is 5.51 Å². The molecule has 0 aromatic heterocycles. The van der Waals surface area contributed by atoms with E-state index in [1.54, 1.807) is 12.1 Å². The maximum Gasteiger partial charge on any atom is 0.534 e. The van der Waals surface area contributed by atoms with Gasteiger partial charge in [-0.15, -0.1) is 0 Å². The van der Waals surface area contributed by atoms with Crippen LogP contribution in [0.4, 0.5) is 13.2 Å². The van der Waals surface area contributed by atoms with Gasteiger partial charge in [0.2, 0.25) is 0 Å². The summed E-state index contributed by atoms with van der Waals surface area (Å²) in [5.41, 5.74) is -3.52. The van der Waals surface area contributed by atoms with Crippen LogP contribution in [0.1, 0.15) is 0 Å². The van der Waals surface area contributed by atoms with Gasteiger partial charge in [-0.1, -0.05) is 84.9 Å². The molecule has 0 saturated carbocycles. The Labute approximate surface area is 215 Å². The Kier molecular flexibility index (Phi) is 4.69. The van der Waals surface area contributed by atoms with Gasteiger partial charge in [0.1, 0.15) is 5.75 Å². The predicted molar refractivity (Wildman–Crippen MR) is 146 cm³/mol. The molecule has 0 spiro atoms. The van der Waals surface area contributed by atoms with E-state index in [2.05, 4.69) is 64.8 Å². The summed E-state index contributed by atoms with van der Waals surface area (Å²) in [7, 11) is -5.74. The molecule has 7 aromatic carbocycles. The molecule has 38 heavy (non-hydrogen) atoms. The van der Waals surface area contributed by atoms with Crippen LogP contribution < -0.4 is 4.18 Å². The van der Waals surface area contributed by atoms with E-state index in [9.17, 15) is 21.6 Å². The lowest BCUT2D eigenvalue weighted by molar-refractivity contribution is -0.0500. The second kappa shape index (κ2) is 7.82. The highest BCUT2D eigenvalue weighted by atomic mass is 32.2. The first-order chi connectivity index (χ1) is 18.2. The van der Waals surface area contributed by atoms with Crippen molar-refractivity contribution in [3.05, 3.63) is 103 Å². The number of benzene rings is 7. The molecular weight excluding hydrogens is 509 g/mol. The Balaban J connectivity index is 1.42. The first kappa shape index (κ1) is 22.8. The lowest BCUT2D eigenvalue weighted by Gasteiger charge is -2.17. The van der Waals surface area contributed by atoms with Gasteiger partial charge < -0.3 is 4.18 Å². The van der Waals surface area contributed by atoms with E-state index in [-0.39, 0.29) is 0 Å². The van der Waals surface area contributed by atoms with Crippen molar-refractivity contribution in [3.63, 3.8) is 0 Å². The molecule has 0 amide bonds. The van der Waals surface area contributed by atoms with Crippen molar-refractivity contribution < 1.29 is 25.8 Å². The van der Waals surface area contributed by atoms with E-state index >= 15 is 0 Å². The lowest BCUT2D eigenvalue weighted by Crippen LogP contribution is -2.28. The smallest absolute Gasteiger partial charge is 0.376 e. The van der Waals surface area contributed by atoms with Gasteiger partial charge in [-0.2, -0.15) is 21.6 Å². The van der Waals surface area contributed by atoms with Crippen LogP contribution in [0.2, 0.25) is 0 Å². The second-order valence-electron chi connectivity index (χ2n) is 9.31. The van der Waals surface area contributed by atoms with Crippen LogP contribution >= 0.6 is 0 Å². The second-order valence-corrected chi connectivity index (χ2v) is 10.8. The molecule has 7 rings (SSSR count). The predicted octanol–water partition coefficient (Wildman–Crippen LogP) is 8.79. The normalized spacial score (nSPS) is 12.8. The highest BCUT2D eigenvalue weighted by Crippen LogP contribution is 2.44. The summed E-state index contributed by atoms with van der Waals surface area (Å²) in [6.07, 6.45) is 0. The number of halogens is 3. The van der Waals surface area contributed by atoms with Gasteiger partial charge in [0, 0.05) is 0 Å². The Morgan fingerprint density at radius 1 is 0.553 bits per heavy atom. The summed E-state index contributed by atoms with van der Waals surface area (Å²) in [4.78, 5) is 0. The quantitative estimate of drug-likeness (QED) is 0.100. The maximum absolute atomic E-state index is 12.7. The number of rotatable bonds is 3. The third kappa shape index (κ3) is 3.32. The molecular formula is C31H17F3O3S. The zero-order valence-corrected chi connectivity index (χ0v) is 20.4. The molecule has 7 aromatic rings. The Morgan fingerprint density at radius 3 is 1.95 bits per heavy atom. The zero-order valence-electron chi connectivity index (χ0n) is 19.6. The molecule has 0 aliphatic carbocycles. The minimum Gasteiger partial charge on any atom is -0.376 e. The Hall–Kier alpha value is -4.36. The molecule has 7 heteroatoms. The molecule has 0 radical (unpaired) electrons. The minimum absolute atomic E-state index is 0.391. The number of alkyl halides is 3. The summed E-state index contributed by atoms with van der Waals surface area (Å²) >= 11 is 0. The van der Waals surface area contributed by atoms with Gasteiger partial charge in [0.25, 0.3) is 0 Å². The van der Waals surface area contributed by atoms with Gasteiger partial charge in [0.05, 0.1) is 0 Å². The zero-order chi connectivity index (χ0) is 26.2. The largest absolute Gasteiger partial charge is 0.534 e. The number of hydrogen-bond donors (Lipinski definition) is 0. The fourth-order valence-corrected chi connectivity index (χ4v) is 5.95. The SMILES string of the molecule is O=S(=O)(Oc1ccc2cc(-c3ccc4c5ccccc5c5cccc6ccc3c4c65)ccc2c1)C(F)(F)F. The van der Waals surface area contributed by atoms with E-state index in [0.717, 1.165) is 21.9 Å². The van der Waals surface area contributed by atoms with Crippen molar-refractivity contribution in [2.24, 2.45) is 0 Å². The summed E-state index contributed by atoms with van der Waals surface area (Å²) in [5, 5.41) is 10.8. The molecule has 0 heterocycles. The first-order valence-corrected chi connectivity index (χ1v) is 13.3. The molecule has 0 aliphatic rings. The highest BCUT2D eigenvalue weighted by molar-refractivity contribution is 7.88. The van der Waals surface area contributed by atoms with E-state index in [1.165, 1.54) is 49.8 Å². The van der Waals surface area contributed by atoms with Crippen molar-refractivity contribution in [1.82, 2.24) is 0 Å². The third-order valence-electron chi connectivity index (χ3n) is 7.14. The standard InChI is InChI=1S/C31H17F3O3S/c32-31(33,34)38(35,36)37-22-12-10-19-16-21(9-8-20(19)17-22)23-14-15-28-25-6-2-1-5-24(25)26-7-3-4-18-11-13-27(23)30(28)29(18)26/h1-17H. The van der Waals surface area contributed by atoms with E-state index in [1.807, 2.05) is 18.2 Å². The van der Waals surface area contributed by atoms with E-state index < -0.39 is 21.4 Å². The van der Waals surface area contributed by atoms with Crippen molar-refractivity contribution in [2.75, 3.05) is 0 Å². The molecule has 0 aliphatic heterocycles. The summed E-state index contributed by atoms with van der Waals surface area (Å²) in [5.74, 6) is -0.391. The maximum atomic E-state index is 12.7. The summed E-state index contributed by atoms with van der Waals surface area (Å²) < 4.78 is 65.3. The van der Waals surface area contributed by atoms with Gasteiger partial charge >= 0.3 is 15.6 Å². The number of hydrogen-bond acceptors (Lipinski definition) is 3. The average molecular weight is 527 g/mol. The number of fused-ring (bicyclic) bond motifs is 4. The molecule has 186 valence electrons. The first-order valence-electron chi connectivity index (χ1n) is 11.8. The van der Waals surface area contributed by atoms with E-state index in [0.29, 0.717) is 5.39 Å². The molecule has 0 atom stereocenters. The van der Waals surface area contributed by atoms with Crippen molar-refractivity contribution in [1.29, 1.82) is 0 Å². The van der Waals surface area contributed by atoms with E-state index in [4.69, 9.17) is 0 Å². The van der Waals surface area contributed by atoms with Crippen LogP contribution in [0.25, 0.3) is 65.0 Å². The summed E-state index contributed by atoms with van der Waals surface area (Å²) in [6, 6.07) is 32.9. The molecule has 3 nitrogen and oxygen atoms in total. The fraction of sp³-hybridized carbons (Fsp3) is 0.0323. The van der Waals surface area contributed by atoms with Crippen LogP contribution in [0.15, 0.2) is 103 Å². The van der Waals surface area contributed by atoms with Crippen LogP contribution in [0.5, 0.6) is 5.75 Å². The van der Waals surface area contributed by atoms with Crippen LogP contribution in [0, 0.1) is 0 Å². The molecule has 0 saturated heterocycles. The van der Waals surface area contributed by atoms with Crippen LogP contribution in [-0.2, 0) is 10.1 Å². The van der Waals surface area contributed by atoms with Gasteiger partial charge in [-0.25, -0.2) is 0 Å². The average Bonchev–Trinajstić information content (AvgIpc) is 2.91. The van der Waals surface area contributed by atoms with Gasteiger partial charge in [0.15, 0.2) is 0 Å². The van der Waals surface area contributed by atoms with Crippen LogP contribution in [0.3, 0.4) is 0 Å². The molecule has 0 bridgehead atoms. The summed E-state index contributed by atoms with van der Waals surface area (Å²) in [6.45, 7) is 0.